The number of nitrogen functional groups attached to an aromatic ring is 1. The first-order valence-corrected chi connectivity index (χ1v) is 4.16. The average molecular weight is 212 g/mol. The van der Waals surface area contributed by atoms with Crippen molar-refractivity contribution >= 4 is 28.6 Å². The molecule has 0 radical (unpaired) electrons. The summed E-state index contributed by atoms with van der Waals surface area (Å²) in [6.07, 6.45) is 0. The van der Waals surface area contributed by atoms with Gasteiger partial charge in [-0.1, -0.05) is 17.7 Å². The van der Waals surface area contributed by atoms with Crippen molar-refractivity contribution in [3.05, 3.63) is 29.1 Å². The van der Waals surface area contributed by atoms with Crippen LogP contribution in [0.15, 0.2) is 22.6 Å². The Labute approximate surface area is 83.8 Å². The monoisotopic (exact) mass is 211 g/mol. The third-order valence-corrected chi connectivity index (χ3v) is 1.99. The molecular weight excluding hydrogens is 206 g/mol. The summed E-state index contributed by atoms with van der Waals surface area (Å²) in [4.78, 5) is 15.0. The van der Waals surface area contributed by atoms with Crippen molar-refractivity contribution in [3.63, 3.8) is 0 Å². The van der Waals surface area contributed by atoms with Crippen LogP contribution in [0.5, 0.6) is 0 Å². The van der Waals surface area contributed by atoms with Crippen LogP contribution in [0.4, 0.5) is 0 Å². The van der Waals surface area contributed by atoms with Gasteiger partial charge in [-0.25, -0.2) is 10.8 Å². The molecule has 1 aromatic heterocycles. The molecule has 2 aromatic rings. The van der Waals surface area contributed by atoms with Crippen LogP contribution >= 0.6 is 11.6 Å². The van der Waals surface area contributed by atoms with E-state index in [1.807, 2.05) is 5.43 Å². The number of nitrogens with zero attached hydrogens (tertiary/aromatic N) is 1. The molecule has 1 amide bonds. The van der Waals surface area contributed by atoms with Crippen LogP contribution in [0, 0.1) is 0 Å². The highest BCUT2D eigenvalue weighted by Gasteiger charge is 2.14. The van der Waals surface area contributed by atoms with Gasteiger partial charge in [0.05, 0.1) is 5.02 Å². The zero-order valence-corrected chi connectivity index (χ0v) is 7.71. The molecule has 0 atom stereocenters. The van der Waals surface area contributed by atoms with Gasteiger partial charge in [0.25, 0.3) is 5.89 Å². The Balaban J connectivity index is 2.62. The van der Waals surface area contributed by atoms with Gasteiger partial charge in [0.1, 0.15) is 5.52 Å². The minimum Gasteiger partial charge on any atom is -0.431 e. The molecule has 1 aromatic carbocycles. The molecular formula is C8H6ClN3O2. The van der Waals surface area contributed by atoms with Crippen molar-refractivity contribution in [2.24, 2.45) is 5.84 Å². The molecule has 14 heavy (non-hydrogen) atoms. The minimum atomic E-state index is -0.586. The summed E-state index contributed by atoms with van der Waals surface area (Å²) < 4.78 is 5.12. The lowest BCUT2D eigenvalue weighted by molar-refractivity contribution is 0.0921. The molecule has 0 fully saturated rings. The van der Waals surface area contributed by atoms with Gasteiger partial charge in [-0.3, -0.25) is 10.2 Å². The predicted octanol–water partition coefficient (Wildman–Crippen LogP) is 1.08. The molecule has 72 valence electrons. The number of nitrogens with two attached hydrogens (primary N) is 1. The first kappa shape index (κ1) is 8.98. The molecule has 1 heterocycles. The van der Waals surface area contributed by atoms with Gasteiger partial charge >= 0.3 is 5.91 Å². The van der Waals surface area contributed by atoms with E-state index in [4.69, 9.17) is 21.9 Å². The summed E-state index contributed by atoms with van der Waals surface area (Å²) in [5.74, 6) is 4.24. The van der Waals surface area contributed by atoms with Crippen LogP contribution in [0.2, 0.25) is 5.02 Å². The number of hydrogen-bond donors (Lipinski definition) is 2. The largest absolute Gasteiger partial charge is 0.431 e. The zero-order valence-electron chi connectivity index (χ0n) is 6.95. The second-order valence-corrected chi connectivity index (χ2v) is 2.99. The van der Waals surface area contributed by atoms with E-state index >= 15 is 0 Å². The quantitative estimate of drug-likeness (QED) is 0.420. The Morgan fingerprint density at radius 1 is 1.57 bits per heavy atom. The van der Waals surface area contributed by atoms with Crippen LogP contribution in [-0.2, 0) is 0 Å². The van der Waals surface area contributed by atoms with Crippen molar-refractivity contribution in [2.45, 2.75) is 0 Å². The molecule has 3 N–H and O–H groups in total. The number of hydrogen-bond acceptors (Lipinski definition) is 4. The van der Waals surface area contributed by atoms with Gasteiger partial charge in [-0.2, -0.15) is 0 Å². The summed E-state index contributed by atoms with van der Waals surface area (Å²) in [7, 11) is 0. The molecule has 0 bridgehead atoms. The number of para-hydroxylation sites is 1. The van der Waals surface area contributed by atoms with E-state index in [0.717, 1.165) is 0 Å². The fourth-order valence-corrected chi connectivity index (χ4v) is 1.28. The Morgan fingerprint density at radius 2 is 2.36 bits per heavy atom. The molecule has 0 saturated carbocycles. The molecule has 0 aliphatic rings. The summed E-state index contributed by atoms with van der Waals surface area (Å²) in [6.45, 7) is 0. The highest BCUT2D eigenvalue weighted by atomic mass is 35.5. The maximum absolute atomic E-state index is 11.1. The fourth-order valence-electron chi connectivity index (χ4n) is 1.07. The maximum atomic E-state index is 11.1. The lowest BCUT2D eigenvalue weighted by Crippen LogP contribution is -2.30. The van der Waals surface area contributed by atoms with Crippen LogP contribution < -0.4 is 11.3 Å². The predicted molar refractivity (Wildman–Crippen MR) is 50.7 cm³/mol. The minimum absolute atomic E-state index is 0.101. The molecule has 0 saturated heterocycles. The first-order chi connectivity index (χ1) is 6.72. The highest BCUT2D eigenvalue weighted by molar-refractivity contribution is 6.34. The lowest BCUT2D eigenvalue weighted by Gasteiger charge is -1.90. The molecule has 2 rings (SSSR count). The van der Waals surface area contributed by atoms with E-state index in [9.17, 15) is 4.79 Å². The standard InChI is InChI=1S/C8H6ClN3O2/c9-4-2-1-3-5-6(4)14-8(11-5)7(13)12-10/h1-3H,10H2,(H,12,13). The number of carbonyl (C=O) groups excluding carboxylic acids is 1. The van der Waals surface area contributed by atoms with Crippen LogP contribution in [0.1, 0.15) is 10.7 Å². The van der Waals surface area contributed by atoms with Crippen LogP contribution in [-0.4, -0.2) is 10.9 Å². The Hall–Kier alpha value is -1.59. The van der Waals surface area contributed by atoms with Gasteiger partial charge in [0.2, 0.25) is 0 Å². The van der Waals surface area contributed by atoms with Gasteiger partial charge < -0.3 is 4.42 Å². The van der Waals surface area contributed by atoms with Gasteiger partial charge in [-0.05, 0) is 12.1 Å². The number of benzene rings is 1. The summed E-state index contributed by atoms with van der Waals surface area (Å²) in [6, 6.07) is 5.06. The van der Waals surface area contributed by atoms with Gasteiger partial charge in [0, 0.05) is 0 Å². The van der Waals surface area contributed by atoms with Crippen molar-refractivity contribution in [2.75, 3.05) is 0 Å². The van der Waals surface area contributed by atoms with E-state index in [1.54, 1.807) is 18.2 Å². The number of hydrazine groups is 1. The third kappa shape index (κ3) is 1.32. The number of rotatable bonds is 1. The zero-order chi connectivity index (χ0) is 10.1. The maximum Gasteiger partial charge on any atom is 0.321 e. The normalized spacial score (nSPS) is 10.4. The van der Waals surface area contributed by atoms with Gasteiger partial charge in [-0.15, -0.1) is 0 Å². The van der Waals surface area contributed by atoms with Crippen molar-refractivity contribution < 1.29 is 9.21 Å². The average Bonchev–Trinajstić information content (AvgIpc) is 2.62. The van der Waals surface area contributed by atoms with E-state index in [2.05, 4.69) is 4.98 Å². The number of carbonyl (C=O) groups is 1. The number of nitrogens with one attached hydrogen (secondary N) is 1. The van der Waals surface area contributed by atoms with E-state index < -0.39 is 5.91 Å². The van der Waals surface area contributed by atoms with Crippen LogP contribution in [0.3, 0.4) is 0 Å². The fraction of sp³-hybridized carbons (Fsp3) is 0. The molecule has 0 aliphatic heterocycles. The Bertz CT molecular complexity index is 494. The SMILES string of the molecule is NNC(=O)c1nc2cccc(Cl)c2o1. The first-order valence-electron chi connectivity index (χ1n) is 3.78. The van der Waals surface area contributed by atoms with Gasteiger partial charge in [0.15, 0.2) is 5.58 Å². The smallest absolute Gasteiger partial charge is 0.321 e. The number of fused-ring (bicyclic) bond motifs is 1. The summed E-state index contributed by atoms with van der Waals surface area (Å²) in [5.41, 5.74) is 2.83. The number of oxazole rings is 1. The lowest BCUT2D eigenvalue weighted by atomic mass is 10.3. The molecule has 5 nitrogen and oxygen atoms in total. The van der Waals surface area contributed by atoms with Crippen molar-refractivity contribution in [1.82, 2.24) is 10.4 Å². The van der Waals surface area contributed by atoms with E-state index in [-0.39, 0.29) is 5.89 Å². The third-order valence-electron chi connectivity index (χ3n) is 1.69. The van der Waals surface area contributed by atoms with E-state index in [0.29, 0.717) is 16.1 Å². The summed E-state index contributed by atoms with van der Waals surface area (Å²) in [5, 5.41) is 0.408. The van der Waals surface area contributed by atoms with Crippen molar-refractivity contribution in [3.8, 4) is 0 Å². The Kier molecular flexibility index (Phi) is 2.11. The Morgan fingerprint density at radius 3 is 3.00 bits per heavy atom. The second-order valence-electron chi connectivity index (χ2n) is 2.58. The number of halogens is 1. The topological polar surface area (TPSA) is 81.1 Å². The number of amides is 1. The van der Waals surface area contributed by atoms with Crippen LogP contribution in [0.25, 0.3) is 11.1 Å². The molecule has 0 spiro atoms. The summed E-state index contributed by atoms with van der Waals surface area (Å²) >= 11 is 5.82. The number of aromatic nitrogens is 1. The highest BCUT2D eigenvalue weighted by Crippen LogP contribution is 2.23. The van der Waals surface area contributed by atoms with E-state index in [1.165, 1.54) is 0 Å². The second kappa shape index (κ2) is 3.28. The molecule has 6 heteroatoms. The van der Waals surface area contributed by atoms with Crippen molar-refractivity contribution in [1.29, 1.82) is 0 Å². The molecule has 0 aliphatic carbocycles. The molecule has 0 unspecified atom stereocenters.